The van der Waals surface area contributed by atoms with Gasteiger partial charge in [-0.3, -0.25) is 29.2 Å². The van der Waals surface area contributed by atoms with Crippen molar-refractivity contribution in [1.82, 2.24) is 26.1 Å². The maximum absolute atomic E-state index is 14.3. The zero-order valence-electron chi connectivity index (χ0n) is 24.2. The largest absolute Gasteiger partial charge is 0.451 e. The Bertz CT molecular complexity index is 1380. The van der Waals surface area contributed by atoms with Crippen molar-refractivity contribution >= 4 is 40.7 Å². The van der Waals surface area contributed by atoms with Crippen molar-refractivity contribution in [1.29, 1.82) is 0 Å². The molecule has 2 aromatic rings. The quantitative estimate of drug-likeness (QED) is 0.473. The van der Waals surface area contributed by atoms with Gasteiger partial charge in [0, 0.05) is 11.9 Å². The van der Waals surface area contributed by atoms with Gasteiger partial charge >= 0.3 is 5.97 Å². The predicted octanol–water partition coefficient (Wildman–Crippen LogP) is 2.93. The molecule has 42 heavy (non-hydrogen) atoms. The SMILES string of the molecule is CC1NC(=O)C(C(C)C)OC(=O)C(CF)(CF)/C=C/c2ccc3ccc(nc3c2)[C@@H](C)NC(=O)C2CCCN(N2)C1=O. The van der Waals surface area contributed by atoms with Crippen LogP contribution in [-0.2, 0) is 23.9 Å². The van der Waals surface area contributed by atoms with Crippen LogP contribution < -0.4 is 16.1 Å². The lowest BCUT2D eigenvalue weighted by molar-refractivity contribution is -0.168. The van der Waals surface area contributed by atoms with E-state index in [4.69, 9.17) is 4.74 Å². The summed E-state index contributed by atoms with van der Waals surface area (Å²) in [4.78, 5) is 57.3. The van der Waals surface area contributed by atoms with Gasteiger partial charge in [-0.25, -0.2) is 14.2 Å². The van der Waals surface area contributed by atoms with Gasteiger partial charge < -0.3 is 15.4 Å². The minimum absolute atomic E-state index is 0.304. The van der Waals surface area contributed by atoms with Crippen LogP contribution >= 0.6 is 0 Å². The van der Waals surface area contributed by atoms with Crippen molar-refractivity contribution in [3.05, 3.63) is 47.7 Å². The first kappa shape index (κ1) is 31.0. The van der Waals surface area contributed by atoms with Crippen molar-refractivity contribution in [3.63, 3.8) is 0 Å². The second kappa shape index (κ2) is 12.9. The van der Waals surface area contributed by atoms with E-state index in [0.717, 1.165) is 11.5 Å². The highest BCUT2D eigenvalue weighted by molar-refractivity contribution is 5.92. The molecule has 3 heterocycles. The number of cyclic esters (lactones) is 1. The minimum atomic E-state index is -2.27. The van der Waals surface area contributed by atoms with Gasteiger partial charge in [-0.2, -0.15) is 0 Å². The number of carbonyl (C=O) groups excluding carboxylic acids is 4. The molecule has 0 aliphatic carbocycles. The number of fused-ring (bicyclic) bond motifs is 4. The number of alkyl halides is 2. The number of rotatable bonds is 3. The van der Waals surface area contributed by atoms with Crippen LogP contribution in [0.15, 0.2) is 36.4 Å². The summed E-state index contributed by atoms with van der Waals surface area (Å²) in [6.07, 6.45) is 2.15. The van der Waals surface area contributed by atoms with Gasteiger partial charge in [-0.05, 0) is 50.3 Å². The van der Waals surface area contributed by atoms with E-state index in [1.807, 2.05) is 6.07 Å². The fourth-order valence-electron chi connectivity index (χ4n) is 4.89. The third-order valence-electron chi connectivity index (χ3n) is 7.61. The number of carbonyl (C=O) groups is 4. The van der Waals surface area contributed by atoms with Gasteiger partial charge in [0.2, 0.25) is 5.91 Å². The average Bonchev–Trinajstić information content (AvgIpc) is 2.99. The second-order valence-electron chi connectivity index (χ2n) is 11.3. The lowest BCUT2D eigenvalue weighted by Gasteiger charge is -2.35. The molecule has 1 fully saturated rings. The summed E-state index contributed by atoms with van der Waals surface area (Å²) in [6.45, 7) is 4.01. The van der Waals surface area contributed by atoms with E-state index in [9.17, 15) is 28.0 Å². The van der Waals surface area contributed by atoms with Gasteiger partial charge in [0.15, 0.2) is 6.10 Å². The van der Waals surface area contributed by atoms with Crippen LogP contribution in [0.2, 0.25) is 0 Å². The molecule has 4 rings (SSSR count). The first-order chi connectivity index (χ1) is 20.0. The van der Waals surface area contributed by atoms with Gasteiger partial charge in [-0.15, -0.1) is 0 Å². The molecule has 3 N–H and O–H groups in total. The van der Waals surface area contributed by atoms with Gasteiger partial charge in [0.25, 0.3) is 11.8 Å². The fourth-order valence-corrected chi connectivity index (χ4v) is 4.89. The Morgan fingerprint density at radius 2 is 1.71 bits per heavy atom. The smallest absolute Gasteiger partial charge is 0.322 e. The topological polar surface area (TPSA) is 130 Å². The van der Waals surface area contributed by atoms with Crippen molar-refractivity contribution < 1.29 is 32.7 Å². The van der Waals surface area contributed by atoms with Crippen LogP contribution in [0.5, 0.6) is 0 Å². The number of pyridine rings is 1. The summed E-state index contributed by atoms with van der Waals surface area (Å²) in [5.41, 5.74) is 2.38. The van der Waals surface area contributed by atoms with Crippen LogP contribution in [0.1, 0.15) is 57.8 Å². The number of halogens is 2. The normalized spacial score (nSPS) is 26.5. The van der Waals surface area contributed by atoms with Crippen LogP contribution in [-0.4, -0.2) is 71.8 Å². The number of benzene rings is 1. The van der Waals surface area contributed by atoms with E-state index in [2.05, 4.69) is 21.0 Å². The molecule has 2 aliphatic heterocycles. The Labute approximate surface area is 243 Å². The number of aromatic nitrogens is 1. The zero-order valence-corrected chi connectivity index (χ0v) is 24.2. The molecule has 10 nitrogen and oxygen atoms in total. The molecular formula is C30H37F2N5O5. The number of ether oxygens (including phenoxy) is 1. The molecule has 5 bridgehead atoms. The molecule has 1 aromatic carbocycles. The Morgan fingerprint density at radius 3 is 2.40 bits per heavy atom. The summed E-state index contributed by atoms with van der Waals surface area (Å²) in [5, 5.41) is 7.58. The molecule has 3 unspecified atom stereocenters. The van der Waals surface area contributed by atoms with Crippen LogP contribution in [0, 0.1) is 11.3 Å². The van der Waals surface area contributed by atoms with E-state index in [0.29, 0.717) is 36.2 Å². The van der Waals surface area contributed by atoms with E-state index in [1.54, 1.807) is 45.0 Å². The van der Waals surface area contributed by atoms with Gasteiger partial charge in [0.1, 0.15) is 30.8 Å². The molecule has 0 spiro atoms. The number of amides is 3. The number of hydrazine groups is 1. The van der Waals surface area contributed by atoms with Crippen LogP contribution in [0.3, 0.4) is 0 Å². The standard InChI is InChI=1S/C30H37F2N5O5/c1-17(2)25-27(39)34-19(4)28(40)37-13-5-6-23(36-37)26(38)33-18(3)22-10-9-21-8-7-20(14-24(21)35-22)11-12-30(15-31,16-32)29(41)42-25/h7-12,14,17-19,23,25,36H,5-6,13,15-16H2,1-4H3,(H,33,38)(H,34,39)/b12-11+/t18-,19?,23?,25?/m1/s1. The van der Waals surface area contributed by atoms with Crippen molar-refractivity contribution in [2.24, 2.45) is 11.3 Å². The summed E-state index contributed by atoms with van der Waals surface area (Å²) in [6, 6.07) is 6.67. The van der Waals surface area contributed by atoms with E-state index < -0.39 is 66.7 Å². The lowest BCUT2D eigenvalue weighted by Crippen LogP contribution is -2.61. The molecule has 2 aliphatic rings. The molecule has 1 aromatic heterocycles. The molecular weight excluding hydrogens is 548 g/mol. The number of nitrogens with zero attached hydrogens (tertiary/aromatic N) is 2. The predicted molar refractivity (Wildman–Crippen MR) is 152 cm³/mol. The molecule has 0 saturated carbocycles. The Kier molecular flexibility index (Phi) is 9.55. The molecule has 3 amide bonds. The molecule has 1 saturated heterocycles. The zero-order chi connectivity index (χ0) is 30.6. The summed E-state index contributed by atoms with van der Waals surface area (Å²) >= 11 is 0. The molecule has 4 atom stereocenters. The third-order valence-corrected chi connectivity index (χ3v) is 7.61. The van der Waals surface area contributed by atoms with Crippen molar-refractivity contribution in [2.45, 2.75) is 64.8 Å². The molecule has 226 valence electrons. The van der Waals surface area contributed by atoms with Gasteiger partial charge in [-0.1, -0.05) is 44.2 Å². The number of hydrogen-bond acceptors (Lipinski definition) is 7. The maximum Gasteiger partial charge on any atom is 0.322 e. The first-order valence-corrected chi connectivity index (χ1v) is 14.1. The Balaban J connectivity index is 1.75. The van der Waals surface area contributed by atoms with Crippen molar-refractivity contribution in [2.75, 3.05) is 19.9 Å². The lowest BCUT2D eigenvalue weighted by atomic mass is 9.89. The summed E-state index contributed by atoms with van der Waals surface area (Å²) < 4.78 is 34.0. The third kappa shape index (κ3) is 6.59. The minimum Gasteiger partial charge on any atom is -0.451 e. The van der Waals surface area contributed by atoms with Crippen molar-refractivity contribution in [3.8, 4) is 0 Å². The molecule has 12 heteroatoms. The monoisotopic (exact) mass is 585 g/mol. The highest BCUT2D eigenvalue weighted by atomic mass is 19.1. The van der Waals surface area contributed by atoms with E-state index in [-0.39, 0.29) is 5.91 Å². The Morgan fingerprint density at radius 1 is 1.02 bits per heavy atom. The Hall–Kier alpha value is -3.93. The van der Waals surface area contributed by atoms with E-state index >= 15 is 0 Å². The first-order valence-electron chi connectivity index (χ1n) is 14.1. The van der Waals surface area contributed by atoms with Crippen LogP contribution in [0.25, 0.3) is 17.0 Å². The summed E-state index contributed by atoms with van der Waals surface area (Å²) in [5.74, 6) is -3.38. The highest BCUT2D eigenvalue weighted by Gasteiger charge is 2.42. The van der Waals surface area contributed by atoms with Crippen LogP contribution in [0.4, 0.5) is 8.78 Å². The number of hydrogen-bond donors (Lipinski definition) is 3. The fraction of sp³-hybridized carbons (Fsp3) is 0.500. The summed E-state index contributed by atoms with van der Waals surface area (Å²) in [7, 11) is 0. The average molecular weight is 586 g/mol. The highest BCUT2D eigenvalue weighted by Crippen LogP contribution is 2.28. The number of esters is 1. The van der Waals surface area contributed by atoms with Gasteiger partial charge in [0.05, 0.1) is 17.3 Å². The number of nitrogens with one attached hydrogen (secondary N) is 3. The molecule has 0 radical (unpaired) electrons. The second-order valence-corrected chi connectivity index (χ2v) is 11.3. The maximum atomic E-state index is 14.3. The van der Waals surface area contributed by atoms with E-state index in [1.165, 1.54) is 18.0 Å².